The zero-order valence-corrected chi connectivity index (χ0v) is 16.9. The number of benzene rings is 2. The normalized spacial score (nSPS) is 15.4. The van der Waals surface area contributed by atoms with Crippen LogP contribution in [0.5, 0.6) is 11.5 Å². The molecule has 0 bridgehead atoms. The zero-order chi connectivity index (χ0) is 20.8. The number of nitrogens with zero attached hydrogens (tertiary/aromatic N) is 4. The second kappa shape index (κ2) is 9.37. The van der Waals surface area contributed by atoms with Crippen LogP contribution in [0.2, 0.25) is 0 Å². The number of anilines is 2. The highest BCUT2D eigenvalue weighted by Crippen LogP contribution is 2.23. The Morgan fingerprint density at radius 2 is 1.53 bits per heavy atom. The number of carbonyl (C=O) groups is 1. The maximum atomic E-state index is 12.7. The van der Waals surface area contributed by atoms with E-state index in [1.54, 1.807) is 12.4 Å². The van der Waals surface area contributed by atoms with Crippen molar-refractivity contribution in [3.8, 4) is 11.5 Å². The molecule has 1 fully saturated rings. The first-order valence-electron chi connectivity index (χ1n) is 10.1. The molecule has 2 heterocycles. The summed E-state index contributed by atoms with van der Waals surface area (Å²) in [7, 11) is 0. The number of nitrogens with one attached hydrogen (secondary N) is 1. The summed E-state index contributed by atoms with van der Waals surface area (Å²) in [6, 6.07) is 18.6. The highest BCUT2D eigenvalue weighted by Gasteiger charge is 2.26. The van der Waals surface area contributed by atoms with Crippen LogP contribution in [-0.2, 0) is 4.79 Å². The fourth-order valence-electron chi connectivity index (χ4n) is 3.41. The van der Waals surface area contributed by atoms with Crippen molar-refractivity contribution in [3.63, 3.8) is 0 Å². The Balaban J connectivity index is 1.28. The van der Waals surface area contributed by atoms with Crippen LogP contribution in [0.4, 0.5) is 11.6 Å². The average Bonchev–Trinajstić information content (AvgIpc) is 2.81. The third-order valence-corrected chi connectivity index (χ3v) is 5.18. The van der Waals surface area contributed by atoms with E-state index in [9.17, 15) is 4.79 Å². The molecule has 1 aliphatic rings. The van der Waals surface area contributed by atoms with Crippen molar-refractivity contribution < 1.29 is 9.53 Å². The van der Waals surface area contributed by atoms with E-state index in [1.807, 2.05) is 67.6 Å². The Hall–Kier alpha value is -3.45. The highest BCUT2D eigenvalue weighted by molar-refractivity contribution is 5.94. The number of hydrogen-bond donors (Lipinski definition) is 1. The van der Waals surface area contributed by atoms with Gasteiger partial charge in [-0.15, -0.1) is 0 Å². The third-order valence-electron chi connectivity index (χ3n) is 5.18. The number of piperazine rings is 1. The molecule has 4 rings (SSSR count). The molecule has 1 aliphatic heterocycles. The van der Waals surface area contributed by atoms with E-state index in [2.05, 4.69) is 25.1 Å². The summed E-state index contributed by atoms with van der Waals surface area (Å²) in [5.41, 5.74) is 0.753. The first-order chi connectivity index (χ1) is 14.7. The molecule has 3 aromatic rings. The highest BCUT2D eigenvalue weighted by atomic mass is 16.5. The topological polar surface area (TPSA) is 70.6 Å². The lowest BCUT2D eigenvalue weighted by Crippen LogP contribution is -2.53. The Bertz CT molecular complexity index is 942. The van der Waals surface area contributed by atoms with E-state index >= 15 is 0 Å². The summed E-state index contributed by atoms with van der Waals surface area (Å²) < 4.78 is 5.79. The number of rotatable bonds is 6. The second-order valence-electron chi connectivity index (χ2n) is 7.18. The summed E-state index contributed by atoms with van der Waals surface area (Å²) in [4.78, 5) is 25.7. The molecule has 1 unspecified atom stereocenters. The number of amides is 1. The first kappa shape index (κ1) is 19.8. The molecular weight excluding hydrogens is 378 g/mol. The number of para-hydroxylation sites is 1. The molecule has 1 amide bonds. The van der Waals surface area contributed by atoms with E-state index in [0.29, 0.717) is 0 Å². The average molecular weight is 403 g/mol. The van der Waals surface area contributed by atoms with Crippen LogP contribution in [0.3, 0.4) is 0 Å². The standard InChI is InChI=1S/C23H25N5O2/c1-18(27-14-16-28(17-15-27)23-24-12-5-13-25-23)22(29)26-19-8-10-21(11-9-19)30-20-6-3-2-4-7-20/h2-13,18H,14-17H2,1H3,(H,26,29). The Labute approximate surface area is 176 Å². The van der Waals surface area contributed by atoms with Gasteiger partial charge in [0.15, 0.2) is 0 Å². The van der Waals surface area contributed by atoms with E-state index < -0.39 is 0 Å². The van der Waals surface area contributed by atoms with Gasteiger partial charge in [0.1, 0.15) is 11.5 Å². The summed E-state index contributed by atoms with van der Waals surface area (Å²) in [5, 5.41) is 3.00. The minimum absolute atomic E-state index is 0.0175. The molecule has 0 radical (unpaired) electrons. The van der Waals surface area contributed by atoms with E-state index in [4.69, 9.17) is 4.74 Å². The molecular formula is C23H25N5O2. The molecule has 30 heavy (non-hydrogen) atoms. The minimum atomic E-state index is -0.218. The Morgan fingerprint density at radius 1 is 0.900 bits per heavy atom. The largest absolute Gasteiger partial charge is 0.457 e. The van der Waals surface area contributed by atoms with Crippen molar-refractivity contribution in [1.82, 2.24) is 14.9 Å². The van der Waals surface area contributed by atoms with Crippen molar-refractivity contribution in [2.45, 2.75) is 13.0 Å². The van der Waals surface area contributed by atoms with Gasteiger partial charge in [0.05, 0.1) is 6.04 Å². The molecule has 2 aromatic carbocycles. The van der Waals surface area contributed by atoms with Crippen LogP contribution in [0.1, 0.15) is 6.92 Å². The van der Waals surface area contributed by atoms with Gasteiger partial charge in [-0.05, 0) is 49.4 Å². The van der Waals surface area contributed by atoms with Gasteiger partial charge >= 0.3 is 0 Å². The van der Waals surface area contributed by atoms with Crippen LogP contribution in [0, 0.1) is 0 Å². The summed E-state index contributed by atoms with van der Waals surface area (Å²) in [6.07, 6.45) is 3.50. The first-order valence-corrected chi connectivity index (χ1v) is 10.1. The summed E-state index contributed by atoms with van der Waals surface area (Å²) in [6.45, 7) is 5.12. The van der Waals surface area contributed by atoms with Crippen molar-refractivity contribution in [2.24, 2.45) is 0 Å². The van der Waals surface area contributed by atoms with Crippen LogP contribution in [0.15, 0.2) is 73.1 Å². The van der Waals surface area contributed by atoms with Crippen LogP contribution >= 0.6 is 0 Å². The van der Waals surface area contributed by atoms with Crippen LogP contribution in [-0.4, -0.2) is 53.0 Å². The van der Waals surface area contributed by atoms with Gasteiger partial charge in [0.25, 0.3) is 0 Å². The lowest BCUT2D eigenvalue weighted by atomic mass is 10.2. The Morgan fingerprint density at radius 3 is 2.20 bits per heavy atom. The van der Waals surface area contributed by atoms with E-state index in [0.717, 1.165) is 49.3 Å². The zero-order valence-electron chi connectivity index (χ0n) is 16.9. The van der Waals surface area contributed by atoms with Gasteiger partial charge in [-0.3, -0.25) is 9.69 Å². The molecule has 1 N–H and O–H groups in total. The quantitative estimate of drug-likeness (QED) is 0.680. The predicted molar refractivity (Wildman–Crippen MR) is 117 cm³/mol. The van der Waals surface area contributed by atoms with Gasteiger partial charge in [0, 0.05) is 44.3 Å². The van der Waals surface area contributed by atoms with Crippen molar-refractivity contribution >= 4 is 17.5 Å². The van der Waals surface area contributed by atoms with Gasteiger partial charge < -0.3 is 15.0 Å². The Kier molecular flexibility index (Phi) is 6.20. The lowest BCUT2D eigenvalue weighted by Gasteiger charge is -2.37. The van der Waals surface area contributed by atoms with E-state index in [1.165, 1.54) is 0 Å². The minimum Gasteiger partial charge on any atom is -0.457 e. The van der Waals surface area contributed by atoms with Gasteiger partial charge in [-0.1, -0.05) is 18.2 Å². The van der Waals surface area contributed by atoms with Crippen molar-refractivity contribution in [1.29, 1.82) is 0 Å². The summed E-state index contributed by atoms with van der Waals surface area (Å²) in [5.74, 6) is 2.23. The number of carbonyl (C=O) groups excluding carboxylic acids is 1. The van der Waals surface area contributed by atoms with Crippen molar-refractivity contribution in [2.75, 3.05) is 36.4 Å². The lowest BCUT2D eigenvalue weighted by molar-refractivity contribution is -0.120. The van der Waals surface area contributed by atoms with Crippen LogP contribution < -0.4 is 15.0 Å². The number of aromatic nitrogens is 2. The smallest absolute Gasteiger partial charge is 0.241 e. The van der Waals surface area contributed by atoms with Crippen LogP contribution in [0.25, 0.3) is 0 Å². The summed E-state index contributed by atoms with van der Waals surface area (Å²) >= 11 is 0. The molecule has 7 heteroatoms. The maximum Gasteiger partial charge on any atom is 0.241 e. The SMILES string of the molecule is CC(C(=O)Nc1ccc(Oc2ccccc2)cc1)N1CCN(c2ncccn2)CC1. The molecule has 7 nitrogen and oxygen atoms in total. The number of hydrogen-bond acceptors (Lipinski definition) is 6. The molecule has 0 spiro atoms. The van der Waals surface area contributed by atoms with E-state index in [-0.39, 0.29) is 11.9 Å². The van der Waals surface area contributed by atoms with Gasteiger partial charge in [-0.25, -0.2) is 9.97 Å². The second-order valence-corrected chi connectivity index (χ2v) is 7.18. The maximum absolute atomic E-state index is 12.7. The molecule has 0 saturated carbocycles. The fourth-order valence-corrected chi connectivity index (χ4v) is 3.41. The molecule has 154 valence electrons. The molecule has 1 saturated heterocycles. The molecule has 0 aliphatic carbocycles. The fraction of sp³-hybridized carbons (Fsp3) is 0.261. The monoisotopic (exact) mass is 403 g/mol. The van der Waals surface area contributed by atoms with Gasteiger partial charge in [0.2, 0.25) is 11.9 Å². The molecule has 1 aromatic heterocycles. The van der Waals surface area contributed by atoms with Gasteiger partial charge in [-0.2, -0.15) is 0 Å². The predicted octanol–water partition coefficient (Wildman–Crippen LogP) is 3.42. The number of ether oxygens (including phenoxy) is 1. The third kappa shape index (κ3) is 4.93. The molecule has 1 atom stereocenters. The van der Waals surface area contributed by atoms with Crippen molar-refractivity contribution in [3.05, 3.63) is 73.1 Å².